The number of aromatic nitrogens is 5. The van der Waals surface area contributed by atoms with Crippen LogP contribution in [0.4, 0.5) is 0 Å². The first kappa shape index (κ1) is 15.3. The monoisotopic (exact) mass is 335 g/mol. The van der Waals surface area contributed by atoms with E-state index in [1.54, 1.807) is 23.0 Å². The van der Waals surface area contributed by atoms with Gasteiger partial charge in [-0.15, -0.1) is 0 Å². The molecule has 0 amide bonds. The van der Waals surface area contributed by atoms with E-state index >= 15 is 0 Å². The Morgan fingerprint density at radius 3 is 2.64 bits per heavy atom. The second kappa shape index (κ2) is 6.37. The summed E-state index contributed by atoms with van der Waals surface area (Å²) in [6, 6.07) is 11.0. The molecule has 3 aromatic heterocycles. The van der Waals surface area contributed by atoms with Crippen LogP contribution in [0.25, 0.3) is 16.9 Å². The van der Waals surface area contributed by atoms with Crippen molar-refractivity contribution in [3.05, 3.63) is 66.2 Å². The van der Waals surface area contributed by atoms with Crippen LogP contribution in [0.2, 0.25) is 0 Å². The van der Waals surface area contributed by atoms with Gasteiger partial charge in [0.25, 0.3) is 0 Å². The Morgan fingerprint density at radius 2 is 1.84 bits per heavy atom. The lowest BCUT2D eigenvalue weighted by Gasteiger charge is -2.04. The lowest BCUT2D eigenvalue weighted by molar-refractivity contribution is 0.269. The van der Waals surface area contributed by atoms with E-state index < -0.39 is 0 Å². The number of aromatic hydroxyl groups is 1. The molecule has 0 saturated carbocycles. The maximum atomic E-state index is 9.40. The Kier molecular flexibility index (Phi) is 3.91. The van der Waals surface area contributed by atoms with Crippen LogP contribution in [0.15, 0.2) is 55.0 Å². The zero-order valence-electron chi connectivity index (χ0n) is 13.4. The minimum atomic E-state index is 0.0475. The van der Waals surface area contributed by atoms with Crippen molar-refractivity contribution in [2.75, 3.05) is 6.61 Å². The van der Waals surface area contributed by atoms with Crippen LogP contribution in [0, 0.1) is 0 Å². The SMILES string of the molecule is OCCn1cc(-c2ccc3ncc(Cc4ccc(O)cc4)n3n2)cn1. The van der Waals surface area contributed by atoms with Crippen molar-refractivity contribution in [1.82, 2.24) is 24.4 Å². The Bertz CT molecular complexity index is 1000. The van der Waals surface area contributed by atoms with Gasteiger partial charge in [0.2, 0.25) is 0 Å². The van der Waals surface area contributed by atoms with Crippen LogP contribution in [0.3, 0.4) is 0 Å². The van der Waals surface area contributed by atoms with Crippen molar-refractivity contribution < 1.29 is 10.2 Å². The van der Waals surface area contributed by atoms with Crippen molar-refractivity contribution in [3.8, 4) is 17.0 Å². The topological polar surface area (TPSA) is 88.5 Å². The van der Waals surface area contributed by atoms with Gasteiger partial charge in [0.15, 0.2) is 5.65 Å². The summed E-state index contributed by atoms with van der Waals surface area (Å²) in [7, 11) is 0. The van der Waals surface area contributed by atoms with Gasteiger partial charge in [0.1, 0.15) is 5.75 Å². The molecule has 0 bridgehead atoms. The van der Waals surface area contributed by atoms with Gasteiger partial charge in [0.05, 0.1) is 36.9 Å². The number of phenols is 1. The van der Waals surface area contributed by atoms with E-state index in [-0.39, 0.29) is 12.4 Å². The van der Waals surface area contributed by atoms with E-state index in [2.05, 4.69) is 15.2 Å². The van der Waals surface area contributed by atoms with Gasteiger partial charge in [-0.05, 0) is 29.8 Å². The third kappa shape index (κ3) is 3.09. The Labute approximate surface area is 143 Å². The van der Waals surface area contributed by atoms with Crippen molar-refractivity contribution in [2.24, 2.45) is 0 Å². The van der Waals surface area contributed by atoms with Crippen LogP contribution in [0.1, 0.15) is 11.3 Å². The van der Waals surface area contributed by atoms with Gasteiger partial charge >= 0.3 is 0 Å². The Balaban J connectivity index is 1.68. The fourth-order valence-electron chi connectivity index (χ4n) is 2.74. The molecule has 7 heteroatoms. The quantitative estimate of drug-likeness (QED) is 0.581. The number of nitrogens with zero attached hydrogens (tertiary/aromatic N) is 5. The Morgan fingerprint density at radius 1 is 1.00 bits per heavy atom. The zero-order valence-corrected chi connectivity index (χ0v) is 13.4. The molecule has 0 aliphatic rings. The number of hydrogen-bond acceptors (Lipinski definition) is 5. The molecule has 0 unspecified atom stereocenters. The highest BCUT2D eigenvalue weighted by molar-refractivity contribution is 5.58. The highest BCUT2D eigenvalue weighted by Crippen LogP contribution is 2.19. The molecule has 3 heterocycles. The number of aliphatic hydroxyl groups excluding tert-OH is 1. The maximum Gasteiger partial charge on any atom is 0.153 e. The lowest BCUT2D eigenvalue weighted by atomic mass is 10.1. The molecule has 126 valence electrons. The van der Waals surface area contributed by atoms with Crippen molar-refractivity contribution >= 4 is 5.65 Å². The first-order valence-electron chi connectivity index (χ1n) is 7.98. The third-order valence-corrected chi connectivity index (χ3v) is 4.01. The molecule has 25 heavy (non-hydrogen) atoms. The van der Waals surface area contributed by atoms with Gasteiger partial charge in [-0.25, -0.2) is 9.50 Å². The van der Waals surface area contributed by atoms with E-state index in [4.69, 9.17) is 5.11 Å². The summed E-state index contributed by atoms with van der Waals surface area (Å²) in [6.45, 7) is 0.505. The summed E-state index contributed by atoms with van der Waals surface area (Å²) in [5.41, 5.74) is 4.49. The molecule has 4 rings (SSSR count). The van der Waals surface area contributed by atoms with E-state index in [1.165, 1.54) is 0 Å². The number of benzene rings is 1. The molecular weight excluding hydrogens is 318 g/mol. The highest BCUT2D eigenvalue weighted by Gasteiger charge is 2.09. The fourth-order valence-corrected chi connectivity index (χ4v) is 2.74. The normalized spacial score (nSPS) is 11.2. The van der Waals surface area contributed by atoms with Gasteiger partial charge in [-0.3, -0.25) is 4.68 Å². The van der Waals surface area contributed by atoms with Crippen molar-refractivity contribution in [3.63, 3.8) is 0 Å². The van der Waals surface area contributed by atoms with E-state index in [0.29, 0.717) is 13.0 Å². The molecule has 1 aromatic carbocycles. The smallest absolute Gasteiger partial charge is 0.153 e. The second-order valence-electron chi connectivity index (χ2n) is 5.80. The molecule has 0 aliphatic carbocycles. The lowest BCUT2D eigenvalue weighted by Crippen LogP contribution is -2.02. The largest absolute Gasteiger partial charge is 0.508 e. The van der Waals surface area contributed by atoms with Crippen LogP contribution in [-0.2, 0) is 13.0 Å². The van der Waals surface area contributed by atoms with E-state index in [0.717, 1.165) is 28.2 Å². The molecular formula is C18H17N5O2. The van der Waals surface area contributed by atoms with Gasteiger partial charge < -0.3 is 10.2 Å². The van der Waals surface area contributed by atoms with E-state index in [1.807, 2.05) is 41.2 Å². The summed E-state index contributed by atoms with van der Waals surface area (Å²) < 4.78 is 3.51. The van der Waals surface area contributed by atoms with Crippen LogP contribution in [0.5, 0.6) is 5.75 Å². The molecule has 0 fully saturated rings. The summed E-state index contributed by atoms with van der Waals surface area (Å²) >= 11 is 0. The molecule has 0 aliphatic heterocycles. The Hall–Kier alpha value is -3.19. The molecule has 0 atom stereocenters. The third-order valence-electron chi connectivity index (χ3n) is 4.01. The zero-order chi connectivity index (χ0) is 17.2. The predicted octanol–water partition coefficient (Wildman–Crippen LogP) is 1.88. The second-order valence-corrected chi connectivity index (χ2v) is 5.80. The average Bonchev–Trinajstić information content (AvgIpc) is 3.24. The summed E-state index contributed by atoms with van der Waals surface area (Å²) in [5.74, 6) is 0.252. The maximum absolute atomic E-state index is 9.40. The standard InChI is InChI=1S/C18H17N5O2/c24-8-7-22-12-14(10-20-22)17-5-6-18-19-11-15(23(18)21-17)9-13-1-3-16(25)4-2-13/h1-6,10-12,24-25H,7-9H2. The number of fused-ring (bicyclic) bond motifs is 1. The van der Waals surface area contributed by atoms with Gasteiger partial charge in [0, 0.05) is 18.2 Å². The number of imidazole rings is 1. The van der Waals surface area contributed by atoms with Crippen LogP contribution in [-0.4, -0.2) is 41.2 Å². The fraction of sp³-hybridized carbons (Fsp3) is 0.167. The minimum Gasteiger partial charge on any atom is -0.508 e. The number of aliphatic hydroxyl groups is 1. The number of rotatable bonds is 5. The number of phenolic OH excluding ortho intramolecular Hbond substituents is 1. The molecule has 7 nitrogen and oxygen atoms in total. The van der Waals surface area contributed by atoms with Gasteiger partial charge in [-0.2, -0.15) is 10.2 Å². The van der Waals surface area contributed by atoms with Crippen LogP contribution < -0.4 is 0 Å². The minimum absolute atomic E-state index is 0.0475. The van der Waals surface area contributed by atoms with Gasteiger partial charge in [-0.1, -0.05) is 12.1 Å². The molecule has 2 N–H and O–H groups in total. The van der Waals surface area contributed by atoms with Crippen molar-refractivity contribution in [2.45, 2.75) is 13.0 Å². The molecule has 0 spiro atoms. The van der Waals surface area contributed by atoms with E-state index in [9.17, 15) is 5.11 Å². The summed E-state index contributed by atoms with van der Waals surface area (Å²) in [5, 5.41) is 27.3. The summed E-state index contributed by atoms with van der Waals surface area (Å²) in [4.78, 5) is 4.40. The van der Waals surface area contributed by atoms with Crippen molar-refractivity contribution in [1.29, 1.82) is 0 Å². The molecule has 0 radical (unpaired) electrons. The summed E-state index contributed by atoms with van der Waals surface area (Å²) in [6.07, 6.45) is 6.08. The molecule has 4 aromatic rings. The first-order valence-corrected chi connectivity index (χ1v) is 7.98. The average molecular weight is 335 g/mol. The van der Waals surface area contributed by atoms with Crippen LogP contribution >= 0.6 is 0 Å². The first-order chi connectivity index (χ1) is 12.2. The highest BCUT2D eigenvalue weighted by atomic mass is 16.3. The molecule has 0 saturated heterocycles. The predicted molar refractivity (Wildman–Crippen MR) is 92.2 cm³/mol. The number of hydrogen-bond donors (Lipinski definition) is 2.